The minimum Gasteiger partial charge on any atom is -0.346 e. The maximum absolute atomic E-state index is 11.5. The number of aryl methyl sites for hydroxylation is 1. The van der Waals surface area contributed by atoms with Crippen LogP contribution >= 0.6 is 0 Å². The number of hydrogen-bond donors (Lipinski definition) is 0. The summed E-state index contributed by atoms with van der Waals surface area (Å²) in [4.78, 5) is 11.5. The molecule has 90 valence electrons. The number of aromatic nitrogens is 4. The lowest BCUT2D eigenvalue weighted by molar-refractivity contribution is 0.0988. The molecule has 0 aromatic carbocycles. The van der Waals surface area contributed by atoms with E-state index in [-0.39, 0.29) is 5.78 Å². The van der Waals surface area contributed by atoms with Crippen LogP contribution in [-0.4, -0.2) is 25.1 Å². The van der Waals surface area contributed by atoms with Crippen molar-refractivity contribution in [2.75, 3.05) is 0 Å². The van der Waals surface area contributed by atoms with Crippen LogP contribution < -0.4 is 0 Å². The molecular formula is C12H16N4O. The van der Waals surface area contributed by atoms with Crippen molar-refractivity contribution < 1.29 is 4.79 Å². The Balaban J connectivity index is 2.17. The Hall–Kier alpha value is -1.91. The smallest absolute Gasteiger partial charge is 0.164 e. The summed E-state index contributed by atoms with van der Waals surface area (Å²) in [5.74, 6) is 1.93. The molecule has 0 spiro atoms. The topological polar surface area (TPSA) is 52.7 Å². The second-order valence-electron chi connectivity index (χ2n) is 4.07. The first-order chi connectivity index (χ1) is 8.11. The molecule has 0 unspecified atom stereocenters. The molecule has 17 heavy (non-hydrogen) atoms. The number of nitrogens with zero attached hydrogens (tertiary/aromatic N) is 4. The lowest BCUT2D eigenvalue weighted by Crippen LogP contribution is -2.05. The van der Waals surface area contributed by atoms with E-state index in [1.54, 1.807) is 0 Å². The molecule has 0 saturated heterocycles. The number of Topliss-reactive ketones (excluding diaryl/α,β-unsaturated/α-hetero) is 1. The lowest BCUT2D eigenvalue weighted by Gasteiger charge is -2.02. The van der Waals surface area contributed by atoms with Crippen LogP contribution in [0.2, 0.25) is 0 Å². The Morgan fingerprint density at radius 1 is 1.41 bits per heavy atom. The van der Waals surface area contributed by atoms with Gasteiger partial charge in [-0.15, -0.1) is 10.2 Å². The summed E-state index contributed by atoms with van der Waals surface area (Å²) in [5, 5.41) is 8.10. The van der Waals surface area contributed by atoms with Crippen LogP contribution in [0.5, 0.6) is 0 Å². The molecule has 5 nitrogen and oxygen atoms in total. The summed E-state index contributed by atoms with van der Waals surface area (Å²) < 4.78 is 3.90. The fraction of sp³-hybridized carbons (Fsp3) is 0.417. The Labute approximate surface area is 100 Å². The molecule has 0 bridgehead atoms. The van der Waals surface area contributed by atoms with Gasteiger partial charge in [-0.05, 0) is 13.0 Å². The fourth-order valence-corrected chi connectivity index (χ4v) is 1.66. The quantitative estimate of drug-likeness (QED) is 0.752. The highest BCUT2D eigenvalue weighted by Crippen LogP contribution is 2.07. The van der Waals surface area contributed by atoms with E-state index < -0.39 is 0 Å². The molecule has 0 atom stereocenters. The van der Waals surface area contributed by atoms with Crippen molar-refractivity contribution >= 4 is 5.78 Å². The molecule has 2 aromatic heterocycles. The maximum atomic E-state index is 11.5. The summed E-state index contributed by atoms with van der Waals surface area (Å²) >= 11 is 0. The summed E-state index contributed by atoms with van der Waals surface area (Å²) in [6.07, 6.45) is 4.29. The third-order valence-electron chi connectivity index (χ3n) is 2.90. The van der Waals surface area contributed by atoms with Gasteiger partial charge in [-0.1, -0.05) is 6.92 Å². The van der Waals surface area contributed by atoms with Crippen LogP contribution in [0.25, 0.3) is 0 Å². The molecule has 2 heterocycles. The minimum absolute atomic E-state index is 0.165. The van der Waals surface area contributed by atoms with Crippen LogP contribution in [0.3, 0.4) is 0 Å². The van der Waals surface area contributed by atoms with Crippen LogP contribution in [0.15, 0.2) is 18.5 Å². The number of carbonyl (C=O) groups excluding carboxylic acids is 1. The van der Waals surface area contributed by atoms with E-state index in [2.05, 4.69) is 10.2 Å². The molecule has 0 radical (unpaired) electrons. The van der Waals surface area contributed by atoms with E-state index in [0.717, 1.165) is 17.2 Å². The van der Waals surface area contributed by atoms with Crippen molar-refractivity contribution in [3.8, 4) is 0 Å². The summed E-state index contributed by atoms with van der Waals surface area (Å²) in [6, 6.07) is 1.84. The van der Waals surface area contributed by atoms with Gasteiger partial charge < -0.3 is 9.13 Å². The second-order valence-corrected chi connectivity index (χ2v) is 4.07. The van der Waals surface area contributed by atoms with Crippen molar-refractivity contribution in [1.29, 1.82) is 0 Å². The highest BCUT2D eigenvalue weighted by atomic mass is 16.1. The third kappa shape index (κ3) is 2.27. The fourth-order valence-electron chi connectivity index (χ4n) is 1.66. The number of rotatable bonds is 4. The van der Waals surface area contributed by atoms with Gasteiger partial charge in [0.2, 0.25) is 0 Å². The SMILES string of the molecule is CCC(=O)c1ccn(Cc2nnc(C)n2C)c1. The van der Waals surface area contributed by atoms with Gasteiger partial charge in [0.05, 0.1) is 6.54 Å². The Morgan fingerprint density at radius 3 is 2.76 bits per heavy atom. The summed E-state index contributed by atoms with van der Waals surface area (Å²) in [5.41, 5.74) is 0.756. The molecule has 0 aliphatic heterocycles. The Bertz CT molecular complexity index is 538. The zero-order chi connectivity index (χ0) is 12.4. The van der Waals surface area contributed by atoms with Crippen molar-refractivity contribution in [2.45, 2.75) is 26.8 Å². The number of carbonyl (C=O) groups is 1. The van der Waals surface area contributed by atoms with Crippen LogP contribution in [0.4, 0.5) is 0 Å². The molecule has 2 aromatic rings. The van der Waals surface area contributed by atoms with Gasteiger partial charge in [-0.3, -0.25) is 4.79 Å². The van der Waals surface area contributed by atoms with Gasteiger partial charge >= 0.3 is 0 Å². The average molecular weight is 232 g/mol. The standard InChI is InChI=1S/C12H16N4O/c1-4-11(17)10-5-6-16(7-10)8-12-14-13-9(2)15(12)3/h5-7H,4,8H2,1-3H3. The summed E-state index contributed by atoms with van der Waals surface area (Å²) in [7, 11) is 1.94. The first-order valence-electron chi connectivity index (χ1n) is 5.65. The monoisotopic (exact) mass is 232 g/mol. The molecular weight excluding hydrogens is 216 g/mol. The lowest BCUT2D eigenvalue weighted by atomic mass is 10.2. The van der Waals surface area contributed by atoms with Gasteiger partial charge in [0, 0.05) is 31.4 Å². The molecule has 0 N–H and O–H groups in total. The Kier molecular flexibility index (Phi) is 3.08. The molecule has 0 aliphatic rings. The van der Waals surface area contributed by atoms with Crippen LogP contribution in [-0.2, 0) is 13.6 Å². The first-order valence-corrected chi connectivity index (χ1v) is 5.65. The van der Waals surface area contributed by atoms with Crippen molar-refractivity contribution in [2.24, 2.45) is 7.05 Å². The molecule has 0 fully saturated rings. The average Bonchev–Trinajstić information content (AvgIpc) is 2.91. The van der Waals surface area contributed by atoms with Crippen LogP contribution in [0, 0.1) is 6.92 Å². The Morgan fingerprint density at radius 2 is 2.18 bits per heavy atom. The molecule has 0 amide bonds. The zero-order valence-corrected chi connectivity index (χ0v) is 10.3. The largest absolute Gasteiger partial charge is 0.346 e. The van der Waals surface area contributed by atoms with E-state index >= 15 is 0 Å². The molecule has 2 rings (SSSR count). The van der Waals surface area contributed by atoms with Gasteiger partial charge in [0.15, 0.2) is 11.6 Å². The van der Waals surface area contributed by atoms with Gasteiger partial charge in [0.25, 0.3) is 0 Å². The molecule has 0 saturated carbocycles. The van der Waals surface area contributed by atoms with Gasteiger partial charge in [-0.2, -0.15) is 0 Å². The highest BCUT2D eigenvalue weighted by Gasteiger charge is 2.08. The highest BCUT2D eigenvalue weighted by molar-refractivity contribution is 5.95. The second kappa shape index (κ2) is 4.53. The minimum atomic E-state index is 0.165. The third-order valence-corrected chi connectivity index (χ3v) is 2.90. The first kappa shape index (κ1) is 11.6. The normalized spacial score (nSPS) is 10.8. The van der Waals surface area contributed by atoms with Crippen LogP contribution in [0.1, 0.15) is 35.4 Å². The zero-order valence-electron chi connectivity index (χ0n) is 10.3. The van der Waals surface area contributed by atoms with Crippen molar-refractivity contribution in [1.82, 2.24) is 19.3 Å². The number of ketones is 1. The van der Waals surface area contributed by atoms with E-state index in [1.165, 1.54) is 0 Å². The van der Waals surface area contributed by atoms with Crippen molar-refractivity contribution in [3.05, 3.63) is 35.7 Å². The molecule has 5 heteroatoms. The van der Waals surface area contributed by atoms with E-state index in [1.807, 2.05) is 48.5 Å². The van der Waals surface area contributed by atoms with E-state index in [0.29, 0.717) is 13.0 Å². The van der Waals surface area contributed by atoms with Crippen molar-refractivity contribution in [3.63, 3.8) is 0 Å². The number of hydrogen-bond acceptors (Lipinski definition) is 3. The van der Waals surface area contributed by atoms with E-state index in [9.17, 15) is 4.79 Å². The van der Waals surface area contributed by atoms with E-state index in [4.69, 9.17) is 0 Å². The predicted molar refractivity (Wildman–Crippen MR) is 63.9 cm³/mol. The summed E-state index contributed by atoms with van der Waals surface area (Å²) in [6.45, 7) is 4.41. The van der Waals surface area contributed by atoms with Gasteiger partial charge in [-0.25, -0.2) is 0 Å². The predicted octanol–water partition coefficient (Wildman–Crippen LogP) is 1.57. The van der Waals surface area contributed by atoms with Gasteiger partial charge in [0.1, 0.15) is 5.82 Å². The maximum Gasteiger partial charge on any atom is 0.164 e. The molecule has 0 aliphatic carbocycles.